The molecule has 0 atom stereocenters. The Balaban J connectivity index is 2.18. The van der Waals surface area contributed by atoms with Crippen molar-refractivity contribution >= 4 is 17.3 Å². The van der Waals surface area contributed by atoms with Gasteiger partial charge in [-0.05, 0) is 28.5 Å². The molecule has 0 saturated heterocycles. The summed E-state index contributed by atoms with van der Waals surface area (Å²) in [6, 6.07) is 3.66. The van der Waals surface area contributed by atoms with Gasteiger partial charge >= 0.3 is 0 Å². The first-order valence-electron chi connectivity index (χ1n) is 6.43. The number of tetrazole rings is 1. The van der Waals surface area contributed by atoms with Crippen LogP contribution in [0.15, 0.2) is 17.1 Å². The van der Waals surface area contributed by atoms with Gasteiger partial charge < -0.3 is 5.32 Å². The molecule has 19 heavy (non-hydrogen) atoms. The zero-order valence-corrected chi connectivity index (χ0v) is 11.7. The highest BCUT2D eigenvalue weighted by atomic mass is 15.6. The minimum absolute atomic E-state index is 0.310. The molecule has 7 nitrogen and oxygen atoms in total. The maximum absolute atomic E-state index is 4.59. The van der Waals surface area contributed by atoms with Crippen molar-refractivity contribution in [2.75, 3.05) is 11.9 Å². The summed E-state index contributed by atoms with van der Waals surface area (Å²) in [7, 11) is 0. The predicted molar refractivity (Wildman–Crippen MR) is 74.2 cm³/mol. The van der Waals surface area contributed by atoms with E-state index in [0.29, 0.717) is 23.3 Å². The molecule has 0 fully saturated rings. The molecule has 0 unspecified atom stereocenters. The van der Waals surface area contributed by atoms with Crippen molar-refractivity contribution in [1.82, 2.24) is 25.3 Å². The number of rotatable bonds is 4. The van der Waals surface area contributed by atoms with Gasteiger partial charge in [-0.3, -0.25) is 4.99 Å². The second kappa shape index (κ2) is 5.73. The molecule has 0 spiro atoms. The van der Waals surface area contributed by atoms with E-state index in [1.807, 2.05) is 12.1 Å². The van der Waals surface area contributed by atoms with E-state index >= 15 is 0 Å². The third kappa shape index (κ3) is 3.46. The number of nitrogens with one attached hydrogen (secondary N) is 1. The van der Waals surface area contributed by atoms with Crippen molar-refractivity contribution < 1.29 is 0 Å². The van der Waals surface area contributed by atoms with Crippen LogP contribution in [-0.4, -0.2) is 37.6 Å². The highest BCUT2D eigenvalue weighted by Gasteiger charge is 2.08. The highest BCUT2D eigenvalue weighted by molar-refractivity contribution is 5.96. The zero-order valence-electron chi connectivity index (χ0n) is 11.7. The van der Waals surface area contributed by atoms with Gasteiger partial charge in [0.15, 0.2) is 11.5 Å². The van der Waals surface area contributed by atoms with Crippen molar-refractivity contribution in [1.29, 1.82) is 0 Å². The second-order valence-electron chi connectivity index (χ2n) is 5.14. The van der Waals surface area contributed by atoms with Gasteiger partial charge in [-0.2, -0.15) is 0 Å². The Kier molecular flexibility index (Phi) is 4.03. The quantitative estimate of drug-likeness (QED) is 0.668. The summed E-state index contributed by atoms with van der Waals surface area (Å²) in [5.41, 5.74) is 0.621. The Hall–Kier alpha value is -2.05. The SMILES string of the molecule is CC(C)CN=C(Nc1ccc2nnnn2n1)C(C)C. The van der Waals surface area contributed by atoms with Crippen LogP contribution in [0.5, 0.6) is 0 Å². The minimum atomic E-state index is 0.310. The van der Waals surface area contributed by atoms with Crippen LogP contribution in [0.2, 0.25) is 0 Å². The number of anilines is 1. The Bertz CT molecular complexity index is 570. The van der Waals surface area contributed by atoms with Crippen LogP contribution in [-0.2, 0) is 0 Å². The summed E-state index contributed by atoms with van der Waals surface area (Å²) in [6.45, 7) is 9.29. The topological polar surface area (TPSA) is 80.4 Å². The maximum atomic E-state index is 4.59. The molecule has 2 heterocycles. The summed E-state index contributed by atoms with van der Waals surface area (Å²) < 4.78 is 1.39. The molecule has 0 saturated carbocycles. The van der Waals surface area contributed by atoms with E-state index in [4.69, 9.17) is 0 Å². The molecule has 0 bridgehead atoms. The van der Waals surface area contributed by atoms with E-state index < -0.39 is 0 Å². The van der Waals surface area contributed by atoms with Gasteiger partial charge in [0, 0.05) is 12.5 Å². The van der Waals surface area contributed by atoms with Crippen LogP contribution in [0.3, 0.4) is 0 Å². The van der Waals surface area contributed by atoms with E-state index in [0.717, 1.165) is 12.4 Å². The van der Waals surface area contributed by atoms with Gasteiger partial charge in [0.1, 0.15) is 5.84 Å². The van der Waals surface area contributed by atoms with Crippen LogP contribution in [0.4, 0.5) is 5.82 Å². The summed E-state index contributed by atoms with van der Waals surface area (Å²) in [5.74, 6) is 2.46. The average molecular weight is 261 g/mol. The van der Waals surface area contributed by atoms with Crippen LogP contribution in [0, 0.1) is 11.8 Å². The molecule has 1 N–H and O–H groups in total. The number of fused-ring (bicyclic) bond motifs is 1. The molecule has 0 radical (unpaired) electrons. The number of hydrogen-bond donors (Lipinski definition) is 1. The number of nitrogens with zero attached hydrogens (tertiary/aromatic N) is 6. The predicted octanol–water partition coefficient (Wildman–Crippen LogP) is 1.64. The van der Waals surface area contributed by atoms with Crippen LogP contribution >= 0.6 is 0 Å². The number of aliphatic imine (C=N–C) groups is 1. The molecule has 7 heteroatoms. The van der Waals surface area contributed by atoms with E-state index in [-0.39, 0.29) is 0 Å². The van der Waals surface area contributed by atoms with Gasteiger partial charge in [-0.25, -0.2) is 0 Å². The minimum Gasteiger partial charge on any atom is -0.327 e. The zero-order chi connectivity index (χ0) is 13.8. The van der Waals surface area contributed by atoms with E-state index in [1.165, 1.54) is 4.63 Å². The summed E-state index contributed by atoms with van der Waals surface area (Å²) >= 11 is 0. The monoisotopic (exact) mass is 261 g/mol. The molecule has 0 aliphatic carbocycles. The molecule has 0 amide bonds. The van der Waals surface area contributed by atoms with Crippen molar-refractivity contribution in [3.05, 3.63) is 12.1 Å². The smallest absolute Gasteiger partial charge is 0.200 e. The largest absolute Gasteiger partial charge is 0.327 e. The van der Waals surface area contributed by atoms with E-state index in [9.17, 15) is 0 Å². The molecule has 2 aromatic heterocycles. The Morgan fingerprint density at radius 2 is 2.11 bits per heavy atom. The van der Waals surface area contributed by atoms with Crippen LogP contribution in [0.1, 0.15) is 27.7 Å². The molecule has 0 aliphatic rings. The molecule has 0 aromatic carbocycles. The molecular formula is C12H19N7. The molecule has 2 rings (SSSR count). The lowest BCUT2D eigenvalue weighted by atomic mass is 10.2. The Labute approximate surface area is 112 Å². The van der Waals surface area contributed by atoms with Crippen LogP contribution < -0.4 is 5.32 Å². The Morgan fingerprint density at radius 3 is 2.79 bits per heavy atom. The van der Waals surface area contributed by atoms with Gasteiger partial charge in [0.05, 0.1) is 0 Å². The van der Waals surface area contributed by atoms with E-state index in [2.05, 4.69) is 58.6 Å². The summed E-state index contributed by atoms with van der Waals surface area (Å²) in [5, 5.41) is 18.7. The fourth-order valence-electron chi connectivity index (χ4n) is 1.49. The average Bonchev–Trinajstić information content (AvgIpc) is 2.81. The van der Waals surface area contributed by atoms with E-state index in [1.54, 1.807) is 0 Å². The lowest BCUT2D eigenvalue weighted by molar-refractivity contribution is 0.660. The lowest BCUT2D eigenvalue weighted by Crippen LogP contribution is -2.21. The van der Waals surface area contributed by atoms with Gasteiger partial charge in [0.2, 0.25) is 0 Å². The van der Waals surface area contributed by atoms with Gasteiger partial charge in [-0.1, -0.05) is 27.7 Å². The summed E-state index contributed by atoms with van der Waals surface area (Å²) in [4.78, 5) is 4.59. The van der Waals surface area contributed by atoms with Gasteiger partial charge in [0.25, 0.3) is 0 Å². The van der Waals surface area contributed by atoms with Crippen LogP contribution in [0.25, 0.3) is 5.65 Å². The molecule has 102 valence electrons. The standard InChI is InChI=1S/C12H19N7/c1-8(2)7-13-12(9(3)4)14-10-5-6-11-15-17-18-19(11)16-10/h5-6,8-9H,7H2,1-4H3,(H,13,14,16). The molecular weight excluding hydrogens is 242 g/mol. The fraction of sp³-hybridized carbons (Fsp3) is 0.583. The molecule has 2 aromatic rings. The second-order valence-corrected chi connectivity index (χ2v) is 5.14. The van der Waals surface area contributed by atoms with Crippen molar-refractivity contribution in [2.24, 2.45) is 16.8 Å². The third-order valence-electron chi connectivity index (χ3n) is 2.50. The number of amidine groups is 1. The van der Waals surface area contributed by atoms with Crippen molar-refractivity contribution in [2.45, 2.75) is 27.7 Å². The number of aromatic nitrogens is 5. The first-order chi connectivity index (χ1) is 9.06. The molecule has 0 aliphatic heterocycles. The lowest BCUT2D eigenvalue weighted by Gasteiger charge is -2.13. The van der Waals surface area contributed by atoms with Gasteiger partial charge in [-0.15, -0.1) is 14.8 Å². The first-order valence-corrected chi connectivity index (χ1v) is 6.43. The third-order valence-corrected chi connectivity index (χ3v) is 2.50. The summed E-state index contributed by atoms with van der Waals surface area (Å²) in [6.07, 6.45) is 0. The maximum Gasteiger partial charge on any atom is 0.200 e. The van der Waals surface area contributed by atoms with Crippen molar-refractivity contribution in [3.8, 4) is 0 Å². The number of hydrogen-bond acceptors (Lipinski definition) is 5. The first kappa shape index (κ1) is 13.4. The highest BCUT2D eigenvalue weighted by Crippen LogP contribution is 2.07. The normalized spacial score (nSPS) is 12.6. The van der Waals surface area contributed by atoms with Crippen molar-refractivity contribution in [3.63, 3.8) is 0 Å². The fourth-order valence-corrected chi connectivity index (χ4v) is 1.49. The Morgan fingerprint density at radius 1 is 1.32 bits per heavy atom.